The molecule has 0 bridgehead atoms. The smallest absolute Gasteiger partial charge is 0.188 e. The summed E-state index contributed by atoms with van der Waals surface area (Å²) in [5.74, 6) is -0.242. The Labute approximate surface area is 264 Å². The summed E-state index contributed by atoms with van der Waals surface area (Å²) in [6.45, 7) is 10.2. The monoisotopic (exact) mass is 621 g/mol. The van der Waals surface area contributed by atoms with E-state index in [4.69, 9.17) is 9.73 Å². The molecular weight excluding hydrogens is 576 g/mol. The minimum atomic E-state index is -0.716. The van der Waals surface area contributed by atoms with Crippen LogP contribution in [-0.4, -0.2) is 56.0 Å². The summed E-state index contributed by atoms with van der Waals surface area (Å²) in [5, 5.41) is 16.9. The van der Waals surface area contributed by atoms with E-state index < -0.39 is 23.3 Å². The van der Waals surface area contributed by atoms with Crippen molar-refractivity contribution in [2.24, 2.45) is 16.3 Å². The highest BCUT2D eigenvalue weighted by molar-refractivity contribution is 6.13. The zero-order chi connectivity index (χ0) is 32.0. The van der Waals surface area contributed by atoms with Gasteiger partial charge in [0.2, 0.25) is 0 Å². The molecule has 5 rings (SSSR count). The van der Waals surface area contributed by atoms with E-state index in [0.29, 0.717) is 42.9 Å². The van der Waals surface area contributed by atoms with Gasteiger partial charge < -0.3 is 9.53 Å². The fourth-order valence-electron chi connectivity index (χ4n) is 7.05. The second-order valence-electron chi connectivity index (χ2n) is 13.0. The molecule has 2 N–H and O–H groups in total. The zero-order valence-electron chi connectivity index (χ0n) is 26.7. The third-order valence-electron chi connectivity index (χ3n) is 9.89. The molecular formula is C34H45F2N7O2. The lowest BCUT2D eigenvalue weighted by molar-refractivity contribution is -0.114. The minimum Gasteiger partial charge on any atom is -0.362 e. The summed E-state index contributed by atoms with van der Waals surface area (Å²) in [6.07, 6.45) is 7.24. The Bertz CT molecular complexity index is 1420. The molecule has 1 aliphatic heterocycles. The molecule has 45 heavy (non-hydrogen) atoms. The van der Waals surface area contributed by atoms with E-state index in [9.17, 15) is 13.6 Å². The Morgan fingerprint density at radius 1 is 1.13 bits per heavy atom. The van der Waals surface area contributed by atoms with Gasteiger partial charge in [-0.1, -0.05) is 70.0 Å². The van der Waals surface area contributed by atoms with Gasteiger partial charge in [0.15, 0.2) is 5.82 Å². The zero-order valence-corrected chi connectivity index (χ0v) is 26.7. The van der Waals surface area contributed by atoms with E-state index in [2.05, 4.69) is 82.8 Å². The highest BCUT2D eigenvalue weighted by atomic mass is 19.1. The lowest BCUT2D eigenvalue weighted by Gasteiger charge is -2.49. The second kappa shape index (κ2) is 14.3. The van der Waals surface area contributed by atoms with Crippen molar-refractivity contribution in [2.45, 2.75) is 104 Å². The maximum atomic E-state index is 14.4. The summed E-state index contributed by atoms with van der Waals surface area (Å²) < 4.78 is 34.6. The molecule has 1 fully saturated rings. The van der Waals surface area contributed by atoms with Crippen molar-refractivity contribution in [3.63, 3.8) is 0 Å². The van der Waals surface area contributed by atoms with Crippen LogP contribution in [0.2, 0.25) is 0 Å². The molecule has 1 aromatic heterocycles. The number of tetrazole rings is 1. The number of H-pyrrole nitrogens is 1. The van der Waals surface area contributed by atoms with Crippen LogP contribution in [0.25, 0.3) is 0 Å². The van der Waals surface area contributed by atoms with Crippen molar-refractivity contribution in [3.8, 4) is 0 Å². The SMILES string of the molecule is CCC[C@H](c1ccc(COCNCc2nn[nH]n2)cc1)N1C(C=O)C(c2cc(F)cc(F)c2)=NC12CCC(C(C)(C)CC)CC2. The van der Waals surface area contributed by atoms with E-state index in [-0.39, 0.29) is 11.5 Å². The van der Waals surface area contributed by atoms with Gasteiger partial charge in [0, 0.05) is 17.7 Å². The number of aromatic nitrogens is 4. The van der Waals surface area contributed by atoms with Crippen molar-refractivity contribution < 1.29 is 18.3 Å². The molecule has 1 saturated carbocycles. The molecule has 1 aliphatic carbocycles. The highest BCUT2D eigenvalue weighted by Gasteiger charge is 2.53. The standard InChI is InChI=1S/C34H45F2N7O2/c1-5-7-29(24-10-8-23(9-11-24)21-45-22-37-19-31-39-41-42-40-31)43-30(20-44)32(25-16-27(35)18-28(36)17-25)38-34(43)14-12-26(13-15-34)33(3,4)6-2/h8-11,16-18,20,26,29-30,37H,5-7,12-15,19,21-22H2,1-4H3,(H,39,40,41,42)/t26?,29-,30?,34?/m1/s1. The van der Waals surface area contributed by atoms with Crippen molar-refractivity contribution in [3.05, 3.63) is 76.6 Å². The first-order valence-electron chi connectivity index (χ1n) is 16.1. The van der Waals surface area contributed by atoms with Gasteiger partial charge in [-0.05, 0) is 66.7 Å². The van der Waals surface area contributed by atoms with Crippen LogP contribution < -0.4 is 5.32 Å². The number of benzene rings is 2. The molecule has 9 nitrogen and oxygen atoms in total. The number of hydrogen-bond donors (Lipinski definition) is 2. The van der Waals surface area contributed by atoms with Gasteiger partial charge in [-0.15, -0.1) is 10.2 Å². The number of aromatic amines is 1. The van der Waals surface area contributed by atoms with Gasteiger partial charge in [0.25, 0.3) is 0 Å². The van der Waals surface area contributed by atoms with Crippen molar-refractivity contribution in [2.75, 3.05) is 6.73 Å². The Hall–Kier alpha value is -3.41. The molecule has 2 atom stereocenters. The molecule has 0 amide bonds. The minimum absolute atomic E-state index is 0.104. The van der Waals surface area contributed by atoms with Crippen LogP contribution >= 0.6 is 0 Å². The number of rotatable bonds is 14. The molecule has 242 valence electrons. The van der Waals surface area contributed by atoms with Crippen molar-refractivity contribution in [1.29, 1.82) is 0 Å². The number of hydrogen-bond acceptors (Lipinski definition) is 8. The average Bonchev–Trinajstić information content (AvgIpc) is 3.66. The highest BCUT2D eigenvalue weighted by Crippen LogP contribution is 2.51. The van der Waals surface area contributed by atoms with E-state index >= 15 is 0 Å². The van der Waals surface area contributed by atoms with Crippen molar-refractivity contribution >= 4 is 12.0 Å². The maximum Gasteiger partial charge on any atom is 0.188 e. The van der Waals surface area contributed by atoms with Gasteiger partial charge >= 0.3 is 0 Å². The molecule has 2 aromatic carbocycles. The number of nitrogens with one attached hydrogen (secondary N) is 2. The number of ether oxygens (including phenoxy) is 1. The van der Waals surface area contributed by atoms with E-state index in [1.54, 1.807) is 0 Å². The molecule has 1 unspecified atom stereocenters. The van der Waals surface area contributed by atoms with Gasteiger partial charge in [0.1, 0.15) is 29.6 Å². The van der Waals surface area contributed by atoms with Gasteiger partial charge in [-0.3, -0.25) is 15.2 Å². The predicted molar refractivity (Wildman–Crippen MR) is 168 cm³/mol. The number of nitrogens with zero attached hydrogens (tertiary/aromatic N) is 5. The second-order valence-corrected chi connectivity index (χ2v) is 13.0. The Morgan fingerprint density at radius 2 is 1.84 bits per heavy atom. The van der Waals surface area contributed by atoms with E-state index in [1.807, 2.05) is 0 Å². The molecule has 11 heteroatoms. The average molecular weight is 622 g/mol. The van der Waals surface area contributed by atoms with Crippen LogP contribution in [0.3, 0.4) is 0 Å². The fraction of sp³-hybridized carbons (Fsp3) is 0.559. The van der Waals surface area contributed by atoms with E-state index in [0.717, 1.165) is 68.4 Å². The molecule has 0 saturated heterocycles. The fourth-order valence-corrected chi connectivity index (χ4v) is 7.05. The summed E-state index contributed by atoms with van der Waals surface area (Å²) >= 11 is 0. The maximum absolute atomic E-state index is 14.4. The summed E-state index contributed by atoms with van der Waals surface area (Å²) in [7, 11) is 0. The quantitative estimate of drug-likeness (QED) is 0.124. The molecule has 2 aliphatic rings. The summed E-state index contributed by atoms with van der Waals surface area (Å²) in [6, 6.07) is 10.9. The third kappa shape index (κ3) is 7.37. The van der Waals surface area contributed by atoms with E-state index in [1.165, 1.54) is 12.1 Å². The molecule has 1 spiro atoms. The van der Waals surface area contributed by atoms with Gasteiger partial charge in [-0.2, -0.15) is 5.21 Å². The number of carbonyl (C=O) groups is 1. The summed E-state index contributed by atoms with van der Waals surface area (Å²) in [5.41, 5.74) is 2.47. The van der Waals surface area contributed by atoms with Crippen molar-refractivity contribution in [1.82, 2.24) is 30.8 Å². The van der Waals surface area contributed by atoms with Crippen LogP contribution in [0, 0.1) is 23.0 Å². The van der Waals surface area contributed by atoms with Crippen LogP contribution in [-0.2, 0) is 22.7 Å². The molecule has 3 aromatic rings. The number of halogens is 2. The Kier molecular flexibility index (Phi) is 10.5. The van der Waals surface area contributed by atoms with Gasteiger partial charge in [0.05, 0.1) is 25.6 Å². The van der Waals surface area contributed by atoms with Crippen LogP contribution in [0.1, 0.15) is 101 Å². The van der Waals surface area contributed by atoms with Crippen LogP contribution in [0.4, 0.5) is 8.78 Å². The lowest BCUT2D eigenvalue weighted by Crippen LogP contribution is -2.53. The predicted octanol–water partition coefficient (Wildman–Crippen LogP) is 6.28. The lowest BCUT2D eigenvalue weighted by atomic mass is 9.67. The van der Waals surface area contributed by atoms with Gasteiger partial charge in [-0.25, -0.2) is 8.78 Å². The normalized spacial score (nSPS) is 22.9. The Morgan fingerprint density at radius 3 is 2.44 bits per heavy atom. The van der Waals surface area contributed by atoms with Crippen LogP contribution in [0.15, 0.2) is 47.5 Å². The first-order valence-corrected chi connectivity index (χ1v) is 16.1. The Balaban J connectivity index is 1.40. The first kappa shape index (κ1) is 33.0. The number of aliphatic imine (C=N–C) groups is 1. The summed E-state index contributed by atoms with van der Waals surface area (Å²) in [4.78, 5) is 20.5. The number of aldehydes is 1. The molecule has 0 radical (unpaired) electrons. The third-order valence-corrected chi connectivity index (χ3v) is 9.89. The number of carbonyl (C=O) groups excluding carboxylic acids is 1. The van der Waals surface area contributed by atoms with Crippen LogP contribution in [0.5, 0.6) is 0 Å². The molecule has 2 heterocycles. The largest absolute Gasteiger partial charge is 0.362 e. The topological polar surface area (TPSA) is 108 Å². The first-order chi connectivity index (χ1) is 21.7.